The van der Waals surface area contributed by atoms with E-state index < -0.39 is 11.7 Å². The first-order valence-electron chi connectivity index (χ1n) is 14.8. The number of fused-ring (bicyclic) bond motifs is 1. The summed E-state index contributed by atoms with van der Waals surface area (Å²) in [4.78, 5) is 26.2. The molecule has 0 saturated carbocycles. The Morgan fingerprint density at radius 2 is 1.60 bits per heavy atom. The van der Waals surface area contributed by atoms with Gasteiger partial charge in [0.05, 0.1) is 12.7 Å². The largest absolute Gasteiger partial charge is 0.481 e. The Labute approximate surface area is 250 Å². The summed E-state index contributed by atoms with van der Waals surface area (Å²) >= 11 is 0. The molecule has 1 aromatic carbocycles. The quantitative estimate of drug-likeness (QED) is 0.516. The van der Waals surface area contributed by atoms with Crippen molar-refractivity contribution in [3.05, 3.63) is 95.1 Å². The highest BCUT2D eigenvalue weighted by Gasteiger charge is 2.33. The Bertz CT molecular complexity index is 1370. The second-order valence-electron chi connectivity index (χ2n) is 11.6. The summed E-state index contributed by atoms with van der Waals surface area (Å²) in [5.74, 6) is 1.09. The molecule has 1 amide bonds. The normalized spacial score (nSPS) is 21.7. The molecule has 8 nitrogen and oxygen atoms in total. The topological polar surface area (TPSA) is 64.2 Å². The number of likely N-dealkylation sites (tertiary alicyclic amines) is 1. The van der Waals surface area contributed by atoms with E-state index in [1.54, 1.807) is 7.11 Å². The molecule has 2 saturated heterocycles. The van der Waals surface area contributed by atoms with Gasteiger partial charge >= 0.3 is 6.18 Å². The number of benzene rings is 1. The first kappa shape index (κ1) is 29.3. The second kappa shape index (κ2) is 12.4. The van der Waals surface area contributed by atoms with Crippen molar-refractivity contribution in [1.29, 1.82) is 0 Å². The summed E-state index contributed by atoms with van der Waals surface area (Å²) in [6, 6.07) is 9.28. The number of rotatable bonds is 7. The molecule has 2 fully saturated rings. The van der Waals surface area contributed by atoms with Crippen LogP contribution in [-0.4, -0.2) is 83.0 Å². The monoisotopic (exact) mass is 594 g/mol. The van der Waals surface area contributed by atoms with Gasteiger partial charge < -0.3 is 19.9 Å². The van der Waals surface area contributed by atoms with Crippen LogP contribution >= 0.6 is 0 Å². The molecule has 0 aliphatic carbocycles. The van der Waals surface area contributed by atoms with Crippen LogP contribution in [0.5, 0.6) is 5.88 Å². The average molecular weight is 595 g/mol. The van der Waals surface area contributed by atoms with Gasteiger partial charge in [-0.3, -0.25) is 14.6 Å². The SMILES string of the molecule is COc1ccc(CN2CCC(C3=CN4C=C(C(=O)N5CCN(Cc6ccc(C(F)(F)F)cc6)CC5)NC4C=C3)CC2)cn1. The third kappa shape index (κ3) is 6.88. The summed E-state index contributed by atoms with van der Waals surface area (Å²) in [5.41, 5.74) is 3.27. The lowest BCUT2D eigenvalue weighted by Crippen LogP contribution is -2.49. The van der Waals surface area contributed by atoms with Gasteiger partial charge in [0, 0.05) is 63.9 Å². The Hall–Kier alpha value is -3.83. The van der Waals surface area contributed by atoms with Crippen LogP contribution in [-0.2, 0) is 24.1 Å². The maximum Gasteiger partial charge on any atom is 0.416 e. The molecule has 1 N–H and O–H groups in total. The van der Waals surface area contributed by atoms with Crippen LogP contribution in [0.4, 0.5) is 13.2 Å². The van der Waals surface area contributed by atoms with Crippen LogP contribution < -0.4 is 10.1 Å². The number of carbonyl (C=O) groups is 1. The number of alkyl halides is 3. The van der Waals surface area contributed by atoms with E-state index in [1.165, 1.54) is 23.3 Å². The van der Waals surface area contributed by atoms with Crippen molar-refractivity contribution in [1.82, 2.24) is 29.9 Å². The van der Waals surface area contributed by atoms with Gasteiger partial charge in [0.15, 0.2) is 0 Å². The number of piperazine rings is 1. The molecule has 4 aliphatic heterocycles. The molecule has 1 unspecified atom stereocenters. The van der Waals surface area contributed by atoms with Crippen molar-refractivity contribution in [2.75, 3.05) is 46.4 Å². The molecular weight excluding hydrogens is 557 g/mol. The van der Waals surface area contributed by atoms with Gasteiger partial charge in [0.1, 0.15) is 11.9 Å². The lowest BCUT2D eigenvalue weighted by Gasteiger charge is -2.35. The number of piperidine rings is 1. The number of nitrogens with one attached hydrogen (secondary N) is 1. The van der Waals surface area contributed by atoms with Gasteiger partial charge in [-0.1, -0.05) is 24.3 Å². The number of aromatic nitrogens is 1. The summed E-state index contributed by atoms with van der Waals surface area (Å²) in [6.07, 6.45) is 8.06. The Morgan fingerprint density at radius 3 is 2.26 bits per heavy atom. The number of allylic oxidation sites excluding steroid dienone is 2. The fraction of sp³-hybridized carbons (Fsp3) is 0.438. The van der Waals surface area contributed by atoms with Crippen LogP contribution in [0.1, 0.15) is 29.5 Å². The van der Waals surface area contributed by atoms with Crippen molar-refractivity contribution >= 4 is 5.91 Å². The maximum absolute atomic E-state index is 13.3. The van der Waals surface area contributed by atoms with Crippen LogP contribution in [0, 0.1) is 5.92 Å². The van der Waals surface area contributed by atoms with E-state index in [9.17, 15) is 18.0 Å². The maximum atomic E-state index is 13.3. The summed E-state index contributed by atoms with van der Waals surface area (Å²) in [5, 5.41) is 3.36. The fourth-order valence-corrected chi connectivity index (χ4v) is 6.19. The van der Waals surface area contributed by atoms with Crippen LogP contribution in [0.25, 0.3) is 0 Å². The molecule has 11 heteroatoms. The third-order valence-electron chi connectivity index (χ3n) is 8.72. The van der Waals surface area contributed by atoms with Crippen LogP contribution in [0.15, 0.2) is 78.4 Å². The smallest absolute Gasteiger partial charge is 0.416 e. The van der Waals surface area contributed by atoms with E-state index in [0.717, 1.165) is 50.2 Å². The molecule has 1 atom stereocenters. The number of halogens is 3. The predicted octanol–water partition coefficient (Wildman–Crippen LogP) is 4.19. The van der Waals surface area contributed by atoms with E-state index >= 15 is 0 Å². The Morgan fingerprint density at radius 1 is 0.930 bits per heavy atom. The van der Waals surface area contributed by atoms with Gasteiger partial charge in [0.25, 0.3) is 5.91 Å². The van der Waals surface area contributed by atoms with Crippen LogP contribution in [0.2, 0.25) is 0 Å². The number of hydrogen-bond acceptors (Lipinski definition) is 7. The number of pyridine rings is 1. The van der Waals surface area contributed by atoms with Crippen molar-refractivity contribution < 1.29 is 22.7 Å². The Kier molecular flexibility index (Phi) is 8.45. The number of hydrogen-bond donors (Lipinski definition) is 1. The zero-order valence-corrected chi connectivity index (χ0v) is 24.3. The third-order valence-corrected chi connectivity index (χ3v) is 8.72. The average Bonchev–Trinajstić information content (AvgIpc) is 3.45. The van der Waals surface area contributed by atoms with Gasteiger partial charge in [0.2, 0.25) is 5.88 Å². The number of amides is 1. The molecule has 228 valence electrons. The summed E-state index contributed by atoms with van der Waals surface area (Å²) < 4.78 is 43.7. The number of nitrogens with zero attached hydrogens (tertiary/aromatic N) is 5. The highest BCUT2D eigenvalue weighted by Crippen LogP contribution is 2.32. The van der Waals surface area contributed by atoms with Gasteiger partial charge in [-0.15, -0.1) is 0 Å². The highest BCUT2D eigenvalue weighted by atomic mass is 19.4. The van der Waals surface area contributed by atoms with E-state index in [4.69, 9.17) is 4.74 Å². The Balaban J connectivity index is 0.977. The molecule has 1 aromatic heterocycles. The van der Waals surface area contributed by atoms with Crippen molar-refractivity contribution in [2.45, 2.75) is 38.3 Å². The number of ether oxygens (including phenoxy) is 1. The molecule has 4 aliphatic rings. The number of carbonyl (C=O) groups excluding carboxylic acids is 1. The van der Waals surface area contributed by atoms with E-state index in [1.807, 2.05) is 23.4 Å². The second-order valence-corrected chi connectivity index (χ2v) is 11.6. The van der Waals surface area contributed by atoms with Gasteiger partial charge in [-0.25, -0.2) is 4.98 Å². The van der Waals surface area contributed by atoms with E-state index in [0.29, 0.717) is 50.2 Å². The minimum atomic E-state index is -4.33. The fourth-order valence-electron chi connectivity index (χ4n) is 6.19. The minimum absolute atomic E-state index is 0.0201. The molecule has 0 spiro atoms. The highest BCUT2D eigenvalue weighted by molar-refractivity contribution is 5.93. The lowest BCUT2D eigenvalue weighted by atomic mass is 9.88. The molecule has 5 heterocycles. The standard InChI is InChI=1S/C32H37F3N6O2/c1-43-30-9-4-24(18-36-30)20-38-12-10-25(11-13-38)26-5-8-29-37-28(22-41(29)21-26)31(42)40-16-14-39(15-17-40)19-23-2-6-27(7-3-23)32(33,34)35/h2-9,18,21-22,25,29,37H,10-17,19-20H2,1H3. The molecule has 43 heavy (non-hydrogen) atoms. The molecular formula is C32H37F3N6O2. The first-order chi connectivity index (χ1) is 20.7. The summed E-state index contributed by atoms with van der Waals surface area (Å²) in [7, 11) is 1.62. The molecule has 0 radical (unpaired) electrons. The van der Waals surface area contributed by atoms with Crippen molar-refractivity contribution in [3.63, 3.8) is 0 Å². The van der Waals surface area contributed by atoms with Crippen LogP contribution in [0.3, 0.4) is 0 Å². The first-order valence-corrected chi connectivity index (χ1v) is 14.8. The van der Waals surface area contributed by atoms with Gasteiger partial charge in [-0.2, -0.15) is 13.2 Å². The van der Waals surface area contributed by atoms with Crippen molar-refractivity contribution in [3.8, 4) is 5.88 Å². The molecule has 2 aromatic rings. The van der Waals surface area contributed by atoms with Gasteiger partial charge in [-0.05, 0) is 66.8 Å². The predicted molar refractivity (Wildman–Crippen MR) is 156 cm³/mol. The zero-order valence-electron chi connectivity index (χ0n) is 24.3. The lowest BCUT2D eigenvalue weighted by molar-refractivity contribution is -0.137. The van der Waals surface area contributed by atoms with E-state index in [2.05, 4.69) is 49.4 Å². The molecule has 0 bridgehead atoms. The zero-order chi connectivity index (χ0) is 30.0. The van der Waals surface area contributed by atoms with Crippen molar-refractivity contribution in [2.24, 2.45) is 5.92 Å². The van der Waals surface area contributed by atoms with E-state index in [-0.39, 0.29) is 12.1 Å². The number of methoxy groups -OCH3 is 1. The molecule has 6 rings (SSSR count). The summed E-state index contributed by atoms with van der Waals surface area (Å²) in [6.45, 7) is 5.98. The minimum Gasteiger partial charge on any atom is -0.481 e.